The van der Waals surface area contributed by atoms with Crippen molar-refractivity contribution >= 4 is 40.1 Å². The van der Waals surface area contributed by atoms with E-state index in [9.17, 15) is 9.18 Å². The molecule has 2 aliphatic rings. The molecule has 0 aromatic heterocycles. The highest BCUT2D eigenvalue weighted by Crippen LogP contribution is 2.33. The lowest BCUT2D eigenvalue weighted by Crippen LogP contribution is -2.48. The summed E-state index contributed by atoms with van der Waals surface area (Å²) in [5.41, 5.74) is 3.03. The summed E-state index contributed by atoms with van der Waals surface area (Å²) >= 11 is 8.37. The molecular weight excluding hydrogens is 542 g/mol. The Bertz CT molecular complexity index is 967. The maximum Gasteiger partial charge on any atom is 0.236 e. The smallest absolute Gasteiger partial charge is 0.236 e. The molecule has 1 amide bonds. The number of ether oxygens (including phenoxy) is 1. The van der Waals surface area contributed by atoms with Crippen LogP contribution >= 0.6 is 34.2 Å². The van der Waals surface area contributed by atoms with E-state index < -0.39 is 0 Å². The van der Waals surface area contributed by atoms with Crippen molar-refractivity contribution in [2.45, 2.75) is 44.8 Å². The van der Waals surface area contributed by atoms with Gasteiger partial charge < -0.3 is 9.64 Å². The predicted octanol–water partition coefficient (Wildman–Crippen LogP) is 5.39. The summed E-state index contributed by atoms with van der Waals surface area (Å²) in [5, 5.41) is 0.735. The number of aryl methyl sites for hydroxylation is 1. The van der Waals surface area contributed by atoms with Gasteiger partial charge in [-0.15, -0.1) is 0 Å². The third kappa shape index (κ3) is 5.82. The Hall–Kier alpha value is -1.22. The van der Waals surface area contributed by atoms with Gasteiger partial charge in [-0.1, -0.05) is 23.7 Å². The Morgan fingerprint density at radius 2 is 1.97 bits per heavy atom. The summed E-state index contributed by atoms with van der Waals surface area (Å²) in [6.07, 6.45) is 3.06. The van der Waals surface area contributed by atoms with Gasteiger partial charge in [-0.2, -0.15) is 0 Å². The van der Waals surface area contributed by atoms with Crippen molar-refractivity contribution in [3.05, 3.63) is 67.5 Å². The molecule has 32 heavy (non-hydrogen) atoms. The minimum Gasteiger partial charge on any atom is -0.373 e. The van der Waals surface area contributed by atoms with Gasteiger partial charge in [-0.3, -0.25) is 9.69 Å². The van der Waals surface area contributed by atoms with E-state index >= 15 is 0 Å². The third-order valence-electron chi connectivity index (χ3n) is 6.54. The van der Waals surface area contributed by atoms with Gasteiger partial charge >= 0.3 is 0 Å². The van der Waals surface area contributed by atoms with Crippen LogP contribution in [0, 0.1) is 16.3 Å². The summed E-state index contributed by atoms with van der Waals surface area (Å²) in [4.78, 5) is 17.2. The number of halogens is 3. The summed E-state index contributed by atoms with van der Waals surface area (Å²) < 4.78 is 21.2. The first-order valence-electron chi connectivity index (χ1n) is 11.2. The molecule has 0 aliphatic carbocycles. The van der Waals surface area contributed by atoms with Crippen LogP contribution in [0.5, 0.6) is 0 Å². The number of benzene rings is 2. The van der Waals surface area contributed by atoms with Crippen LogP contribution in [0.2, 0.25) is 5.02 Å². The average Bonchev–Trinajstić information content (AvgIpc) is 3.28. The van der Waals surface area contributed by atoms with Crippen molar-refractivity contribution in [3.63, 3.8) is 0 Å². The molecule has 0 spiro atoms. The molecule has 2 saturated heterocycles. The molecule has 2 fully saturated rings. The number of likely N-dealkylation sites (tertiary alicyclic amines) is 2. The fourth-order valence-corrected chi connectivity index (χ4v) is 5.47. The first-order chi connectivity index (χ1) is 15.4. The zero-order valence-electron chi connectivity index (χ0n) is 18.3. The molecule has 2 aromatic rings. The van der Waals surface area contributed by atoms with Crippen LogP contribution in [-0.2, 0) is 16.1 Å². The quantitative estimate of drug-likeness (QED) is 0.437. The second-order valence-electron chi connectivity index (χ2n) is 8.82. The Balaban J connectivity index is 1.49. The number of hydrogen-bond donors (Lipinski definition) is 0. The second-order valence-corrected chi connectivity index (χ2v) is 10.4. The topological polar surface area (TPSA) is 32.8 Å². The molecule has 0 N–H and O–H groups in total. The molecule has 0 saturated carbocycles. The van der Waals surface area contributed by atoms with Crippen molar-refractivity contribution in [3.8, 4) is 0 Å². The number of carbonyl (C=O) groups excluding carboxylic acids is 1. The zero-order chi connectivity index (χ0) is 22.7. The Kier molecular flexibility index (Phi) is 8.08. The zero-order valence-corrected chi connectivity index (χ0v) is 21.2. The summed E-state index contributed by atoms with van der Waals surface area (Å²) in [6.45, 7) is 6.20. The second kappa shape index (κ2) is 10.8. The maximum atomic E-state index is 13.8. The van der Waals surface area contributed by atoms with Gasteiger partial charge in [-0.05, 0) is 103 Å². The molecule has 7 heteroatoms. The first kappa shape index (κ1) is 23.9. The van der Waals surface area contributed by atoms with E-state index in [0.29, 0.717) is 26.2 Å². The van der Waals surface area contributed by atoms with Crippen LogP contribution in [0.3, 0.4) is 0 Å². The van der Waals surface area contributed by atoms with Crippen molar-refractivity contribution < 1.29 is 13.9 Å². The van der Waals surface area contributed by atoms with Crippen LogP contribution in [0.15, 0.2) is 36.4 Å². The van der Waals surface area contributed by atoms with E-state index in [0.717, 1.165) is 44.8 Å². The lowest BCUT2D eigenvalue weighted by molar-refractivity contribution is -0.135. The Morgan fingerprint density at radius 1 is 1.19 bits per heavy atom. The molecule has 0 bridgehead atoms. The Labute approximate surface area is 208 Å². The number of carbonyl (C=O) groups is 1. The highest BCUT2D eigenvalue weighted by atomic mass is 127. The predicted molar refractivity (Wildman–Crippen MR) is 133 cm³/mol. The van der Waals surface area contributed by atoms with E-state index in [1.165, 1.54) is 18.9 Å². The van der Waals surface area contributed by atoms with Crippen LogP contribution in [0.25, 0.3) is 0 Å². The molecule has 4 nitrogen and oxygen atoms in total. The highest BCUT2D eigenvalue weighted by molar-refractivity contribution is 14.1. The fraction of sp³-hybridized carbons (Fsp3) is 0.480. The van der Waals surface area contributed by atoms with Crippen molar-refractivity contribution in [2.75, 3.05) is 32.7 Å². The normalized spacial score (nSPS) is 21.8. The standard InChI is InChI=1S/C25H29ClFIN2O2/c1-17-12-19(27)5-6-20(17)21-14-30(25(31)15-29-9-2-3-10-29)11-8-24(21)32-16-18-4-7-22(26)23(28)13-18/h4-7,12-13,21,24H,2-3,8-11,14-16H2,1H3. The molecule has 2 aliphatic heterocycles. The number of piperidine rings is 1. The molecule has 0 radical (unpaired) electrons. The summed E-state index contributed by atoms with van der Waals surface area (Å²) in [6, 6.07) is 10.8. The fourth-order valence-electron chi connectivity index (χ4n) is 4.78. The molecule has 2 atom stereocenters. The van der Waals surface area contributed by atoms with Crippen LogP contribution in [0.4, 0.5) is 4.39 Å². The van der Waals surface area contributed by atoms with Crippen LogP contribution in [0.1, 0.15) is 41.9 Å². The monoisotopic (exact) mass is 570 g/mol. The van der Waals surface area contributed by atoms with Crippen LogP contribution in [-0.4, -0.2) is 54.5 Å². The van der Waals surface area contributed by atoms with E-state index in [1.807, 2.05) is 36.1 Å². The SMILES string of the molecule is Cc1cc(F)ccc1C1CN(C(=O)CN2CCCC2)CCC1OCc1ccc(Cl)c(I)c1. The number of hydrogen-bond acceptors (Lipinski definition) is 3. The van der Waals surface area contributed by atoms with Crippen molar-refractivity contribution in [1.29, 1.82) is 0 Å². The van der Waals surface area contributed by atoms with Gasteiger partial charge in [0.2, 0.25) is 5.91 Å². The molecule has 2 heterocycles. The van der Waals surface area contributed by atoms with Crippen molar-refractivity contribution in [2.24, 2.45) is 0 Å². The van der Waals surface area contributed by atoms with Gasteiger partial charge in [0.05, 0.1) is 24.3 Å². The minimum atomic E-state index is -0.239. The number of nitrogens with zero attached hydrogens (tertiary/aromatic N) is 2. The van der Waals surface area contributed by atoms with E-state index in [1.54, 1.807) is 6.07 Å². The molecule has 172 valence electrons. The number of amides is 1. The Morgan fingerprint density at radius 3 is 2.69 bits per heavy atom. The lowest BCUT2D eigenvalue weighted by atomic mass is 9.85. The average molecular weight is 571 g/mol. The summed E-state index contributed by atoms with van der Waals surface area (Å²) in [5.74, 6) is -0.0437. The maximum absolute atomic E-state index is 13.8. The number of rotatable bonds is 6. The van der Waals surface area contributed by atoms with Gasteiger partial charge in [0.25, 0.3) is 0 Å². The lowest BCUT2D eigenvalue weighted by Gasteiger charge is -2.40. The van der Waals surface area contributed by atoms with Crippen molar-refractivity contribution in [1.82, 2.24) is 9.80 Å². The first-order valence-corrected chi connectivity index (χ1v) is 12.7. The molecule has 2 unspecified atom stereocenters. The van der Waals surface area contributed by atoms with E-state index in [2.05, 4.69) is 27.5 Å². The van der Waals surface area contributed by atoms with Gasteiger partial charge in [-0.25, -0.2) is 4.39 Å². The van der Waals surface area contributed by atoms with Gasteiger partial charge in [0.1, 0.15) is 5.82 Å². The molecule has 2 aromatic carbocycles. The highest BCUT2D eigenvalue weighted by Gasteiger charge is 2.34. The molecular formula is C25H29ClFIN2O2. The van der Waals surface area contributed by atoms with Crippen LogP contribution < -0.4 is 0 Å². The minimum absolute atomic E-state index is 0.0123. The van der Waals surface area contributed by atoms with Gasteiger partial charge in [0, 0.05) is 22.6 Å². The van der Waals surface area contributed by atoms with E-state index in [4.69, 9.17) is 16.3 Å². The summed E-state index contributed by atoms with van der Waals surface area (Å²) in [7, 11) is 0. The van der Waals surface area contributed by atoms with Gasteiger partial charge in [0.15, 0.2) is 0 Å². The molecule has 4 rings (SSSR count). The largest absolute Gasteiger partial charge is 0.373 e. The third-order valence-corrected chi connectivity index (χ3v) is 8.08. The van der Waals surface area contributed by atoms with E-state index in [-0.39, 0.29) is 23.7 Å².